The molecule has 0 unspecified atom stereocenters. The van der Waals surface area contributed by atoms with Crippen molar-refractivity contribution in [1.29, 1.82) is 0 Å². The van der Waals surface area contributed by atoms with Gasteiger partial charge in [0.1, 0.15) is 5.82 Å². The van der Waals surface area contributed by atoms with Gasteiger partial charge in [-0.2, -0.15) is 4.31 Å². The van der Waals surface area contributed by atoms with Crippen LogP contribution >= 0.6 is 0 Å². The van der Waals surface area contributed by atoms with Crippen molar-refractivity contribution in [3.8, 4) is 11.3 Å². The predicted molar refractivity (Wildman–Crippen MR) is 139 cm³/mol. The van der Waals surface area contributed by atoms with Crippen molar-refractivity contribution in [3.05, 3.63) is 54.6 Å². The van der Waals surface area contributed by atoms with Crippen LogP contribution in [0.5, 0.6) is 0 Å². The summed E-state index contributed by atoms with van der Waals surface area (Å²) in [7, 11) is -6.90. The fraction of sp³-hybridized carbons (Fsp3) is 0.400. The molecule has 0 amide bonds. The summed E-state index contributed by atoms with van der Waals surface area (Å²) < 4.78 is 50.7. The first-order chi connectivity index (χ1) is 16.8. The first-order valence-corrected chi connectivity index (χ1v) is 15.2. The lowest BCUT2D eigenvalue weighted by molar-refractivity contribution is 0.271. The Morgan fingerprint density at radius 3 is 2.20 bits per heavy atom. The molecule has 35 heavy (non-hydrogen) atoms. The number of aromatic nitrogens is 1. The van der Waals surface area contributed by atoms with Gasteiger partial charge in [-0.15, -0.1) is 0 Å². The Bertz CT molecular complexity index is 1420. The quantitative estimate of drug-likeness (QED) is 0.517. The molecular weight excluding hydrogens is 484 g/mol. The van der Waals surface area contributed by atoms with Crippen molar-refractivity contribution >= 4 is 36.5 Å². The van der Waals surface area contributed by atoms with Crippen molar-refractivity contribution < 1.29 is 16.8 Å². The van der Waals surface area contributed by atoms with E-state index < -0.39 is 19.9 Å². The van der Waals surface area contributed by atoms with Gasteiger partial charge < -0.3 is 9.80 Å². The molecule has 2 saturated heterocycles. The lowest BCUT2D eigenvalue weighted by Crippen LogP contribution is -2.46. The van der Waals surface area contributed by atoms with E-state index in [4.69, 9.17) is 4.98 Å². The molecule has 2 aliphatic rings. The number of anilines is 1. The molecule has 0 saturated carbocycles. The number of likely N-dealkylation sites (N-methyl/N-ethyl adjacent to an activating group) is 1. The maximum atomic E-state index is 13.0. The van der Waals surface area contributed by atoms with Gasteiger partial charge in [-0.1, -0.05) is 43.3 Å². The summed E-state index contributed by atoms with van der Waals surface area (Å²) in [6, 6.07) is 17.0. The van der Waals surface area contributed by atoms with Crippen LogP contribution in [0.25, 0.3) is 22.0 Å². The smallest absolute Gasteiger partial charge is 0.243 e. The van der Waals surface area contributed by atoms with Gasteiger partial charge in [0.05, 0.1) is 22.1 Å². The average molecular weight is 515 g/mol. The van der Waals surface area contributed by atoms with Crippen LogP contribution in [0.15, 0.2) is 59.5 Å². The number of pyridine rings is 1. The predicted octanol–water partition coefficient (Wildman–Crippen LogP) is 2.46. The van der Waals surface area contributed by atoms with E-state index in [-0.39, 0.29) is 29.5 Å². The highest BCUT2D eigenvalue weighted by Gasteiger charge is 2.31. The Hall–Kier alpha value is -2.53. The molecule has 3 aromatic rings. The summed E-state index contributed by atoms with van der Waals surface area (Å²) in [4.78, 5) is 9.95. The zero-order valence-corrected chi connectivity index (χ0v) is 21.4. The van der Waals surface area contributed by atoms with Crippen LogP contribution in [0.3, 0.4) is 0 Å². The fourth-order valence-electron chi connectivity index (χ4n) is 4.73. The van der Waals surface area contributed by atoms with Gasteiger partial charge in [-0.05, 0) is 30.1 Å². The highest BCUT2D eigenvalue weighted by molar-refractivity contribution is 7.92. The second kappa shape index (κ2) is 9.50. The number of nitrogens with zero attached hydrogens (tertiary/aromatic N) is 4. The molecule has 0 bridgehead atoms. The minimum Gasteiger partial charge on any atom is -0.354 e. The molecule has 3 heterocycles. The molecule has 10 heteroatoms. The van der Waals surface area contributed by atoms with Crippen LogP contribution < -0.4 is 4.90 Å². The van der Waals surface area contributed by atoms with E-state index in [2.05, 4.69) is 28.9 Å². The molecule has 2 aromatic carbocycles. The minimum absolute atomic E-state index is 0.00664. The van der Waals surface area contributed by atoms with Crippen molar-refractivity contribution in [2.24, 2.45) is 0 Å². The van der Waals surface area contributed by atoms with E-state index in [1.807, 2.05) is 18.2 Å². The van der Waals surface area contributed by atoms with E-state index in [0.717, 1.165) is 60.6 Å². The van der Waals surface area contributed by atoms with Crippen molar-refractivity contribution in [1.82, 2.24) is 14.2 Å². The Kier molecular flexibility index (Phi) is 6.56. The molecular formula is C25H30N4O4S2. The SMILES string of the molecule is CCN1CCN(c2nc(-c3ccc(S(=O)(=O)N4CCS(=O)(=O)CC4)cc3)cc3ccccc23)CC1. The Labute approximate surface area is 207 Å². The largest absolute Gasteiger partial charge is 0.354 e. The van der Waals surface area contributed by atoms with Gasteiger partial charge in [-0.3, -0.25) is 0 Å². The number of sulfonamides is 1. The number of hydrogen-bond donors (Lipinski definition) is 0. The molecule has 186 valence electrons. The third kappa shape index (κ3) is 4.93. The van der Waals surface area contributed by atoms with Crippen molar-refractivity contribution in [2.75, 3.05) is 62.2 Å². The second-order valence-electron chi connectivity index (χ2n) is 9.05. The number of benzene rings is 2. The molecule has 0 atom stereocenters. The van der Waals surface area contributed by atoms with Gasteiger partial charge in [0, 0.05) is 50.2 Å². The lowest BCUT2D eigenvalue weighted by Gasteiger charge is -2.35. The zero-order chi connectivity index (χ0) is 24.6. The maximum Gasteiger partial charge on any atom is 0.243 e. The number of hydrogen-bond acceptors (Lipinski definition) is 7. The summed E-state index contributed by atoms with van der Waals surface area (Å²) in [6.45, 7) is 7.04. The molecule has 0 N–H and O–H groups in total. The van der Waals surface area contributed by atoms with E-state index in [9.17, 15) is 16.8 Å². The van der Waals surface area contributed by atoms with Crippen LogP contribution in [0.1, 0.15) is 6.92 Å². The summed E-state index contributed by atoms with van der Waals surface area (Å²) >= 11 is 0. The van der Waals surface area contributed by atoms with Crippen LogP contribution in [-0.4, -0.2) is 88.3 Å². The van der Waals surface area contributed by atoms with E-state index in [0.29, 0.717) is 0 Å². The van der Waals surface area contributed by atoms with Gasteiger partial charge in [-0.25, -0.2) is 21.8 Å². The second-order valence-corrected chi connectivity index (χ2v) is 13.3. The van der Waals surface area contributed by atoms with Crippen LogP contribution in [0.2, 0.25) is 0 Å². The average Bonchev–Trinajstić information content (AvgIpc) is 2.88. The van der Waals surface area contributed by atoms with Gasteiger partial charge in [0.2, 0.25) is 10.0 Å². The summed E-state index contributed by atoms with van der Waals surface area (Å²) in [6.07, 6.45) is 0. The monoisotopic (exact) mass is 514 g/mol. The highest BCUT2D eigenvalue weighted by Crippen LogP contribution is 2.31. The lowest BCUT2D eigenvalue weighted by atomic mass is 10.1. The number of rotatable bonds is 5. The highest BCUT2D eigenvalue weighted by atomic mass is 32.2. The van der Waals surface area contributed by atoms with Crippen LogP contribution in [-0.2, 0) is 19.9 Å². The molecule has 0 spiro atoms. The summed E-state index contributed by atoms with van der Waals surface area (Å²) in [5.41, 5.74) is 1.63. The van der Waals surface area contributed by atoms with Crippen LogP contribution in [0.4, 0.5) is 5.82 Å². The molecule has 2 fully saturated rings. The molecule has 0 radical (unpaired) electrons. The Morgan fingerprint density at radius 2 is 1.54 bits per heavy atom. The Balaban J connectivity index is 1.45. The molecule has 0 aliphatic carbocycles. The van der Waals surface area contributed by atoms with Crippen molar-refractivity contribution in [3.63, 3.8) is 0 Å². The number of fused-ring (bicyclic) bond motifs is 1. The maximum absolute atomic E-state index is 13.0. The van der Waals surface area contributed by atoms with Crippen molar-refractivity contribution in [2.45, 2.75) is 11.8 Å². The molecule has 1 aromatic heterocycles. The zero-order valence-electron chi connectivity index (χ0n) is 19.8. The van der Waals surface area contributed by atoms with E-state index in [1.54, 1.807) is 24.3 Å². The van der Waals surface area contributed by atoms with E-state index in [1.165, 1.54) is 4.31 Å². The van der Waals surface area contributed by atoms with E-state index >= 15 is 0 Å². The third-order valence-corrected chi connectivity index (χ3v) is 10.5. The standard InChI is InChI=1S/C25H30N4O4S2/c1-2-27-11-13-28(14-12-27)25-23-6-4-3-5-21(23)19-24(26-25)20-7-9-22(10-8-20)35(32,33)29-15-17-34(30,31)18-16-29/h3-10,19H,2,11-18H2,1H3. The normalized spacial score (nSPS) is 19.7. The molecule has 2 aliphatic heterocycles. The summed E-state index contributed by atoms with van der Waals surface area (Å²) in [5.74, 6) is 0.682. The molecule has 5 rings (SSSR count). The topological polar surface area (TPSA) is 90.9 Å². The number of sulfone groups is 1. The summed E-state index contributed by atoms with van der Waals surface area (Å²) in [5, 5.41) is 2.21. The Morgan fingerprint density at radius 1 is 0.886 bits per heavy atom. The number of piperazine rings is 1. The van der Waals surface area contributed by atoms with Gasteiger partial charge in [0.15, 0.2) is 9.84 Å². The first-order valence-electron chi connectivity index (χ1n) is 11.9. The first kappa shape index (κ1) is 24.2. The third-order valence-electron chi connectivity index (χ3n) is 6.93. The molecule has 8 nitrogen and oxygen atoms in total. The van der Waals surface area contributed by atoms with Crippen LogP contribution in [0, 0.1) is 0 Å². The minimum atomic E-state index is -3.74. The van der Waals surface area contributed by atoms with Gasteiger partial charge >= 0.3 is 0 Å². The fourth-order valence-corrected chi connectivity index (χ4v) is 7.60. The van der Waals surface area contributed by atoms with Gasteiger partial charge in [0.25, 0.3) is 0 Å².